The Morgan fingerprint density at radius 2 is 1.62 bits per heavy atom. The number of benzene rings is 1. The lowest BCUT2D eigenvalue weighted by Gasteiger charge is -2.26. The van der Waals surface area contributed by atoms with E-state index in [2.05, 4.69) is 20.9 Å². The van der Waals surface area contributed by atoms with Crippen molar-refractivity contribution in [2.75, 3.05) is 18.0 Å². The number of hydrogen-bond donors (Lipinski definition) is 3. The Hall–Kier alpha value is -3.31. The number of alkyl halides is 5. The molecule has 0 aliphatic carbocycles. The van der Waals surface area contributed by atoms with Crippen LogP contribution in [0.3, 0.4) is 0 Å². The van der Waals surface area contributed by atoms with Gasteiger partial charge in [-0.1, -0.05) is 0 Å². The van der Waals surface area contributed by atoms with E-state index >= 15 is 0 Å². The van der Waals surface area contributed by atoms with E-state index in [0.29, 0.717) is 17.7 Å². The Morgan fingerprint density at radius 1 is 1.07 bits per heavy atom. The zero-order valence-electron chi connectivity index (χ0n) is 19.9. The molecule has 3 aromatic rings. The summed E-state index contributed by atoms with van der Waals surface area (Å²) in [7, 11) is 0. The molecule has 3 heterocycles. The van der Waals surface area contributed by atoms with E-state index in [4.69, 9.17) is 0 Å². The minimum Gasteiger partial charge on any atom is -0.389 e. The number of aromatic nitrogens is 2. The van der Waals surface area contributed by atoms with Crippen molar-refractivity contribution in [3.05, 3.63) is 62.1 Å². The van der Waals surface area contributed by atoms with Gasteiger partial charge < -0.3 is 20.4 Å². The van der Waals surface area contributed by atoms with E-state index < -0.39 is 81.4 Å². The van der Waals surface area contributed by atoms with E-state index in [1.165, 1.54) is 10.2 Å². The van der Waals surface area contributed by atoms with Crippen LogP contribution in [-0.4, -0.2) is 69.1 Å². The van der Waals surface area contributed by atoms with E-state index in [1.54, 1.807) is 0 Å². The number of pyridine rings is 2. The van der Waals surface area contributed by atoms with Crippen LogP contribution in [0.4, 0.5) is 40.9 Å². The first-order valence-electron chi connectivity index (χ1n) is 11.2. The van der Waals surface area contributed by atoms with Crippen LogP contribution in [0.5, 0.6) is 0 Å². The summed E-state index contributed by atoms with van der Waals surface area (Å²) < 4.78 is 110. The number of aliphatic hydroxyl groups is 2. The van der Waals surface area contributed by atoms with Crippen LogP contribution >= 0.6 is 15.9 Å². The SMILES string of the molecule is CC(NC(=O)c1cn(-c2c(F)cc(F)cc2F)c2nc(N3C[C@@H](O)[C@H](O)C3)c(Br)cc2c1=O)C(F)(F)C(F)(F)F. The molecule has 1 fully saturated rings. The highest BCUT2D eigenvalue weighted by atomic mass is 79.9. The Labute approximate surface area is 227 Å². The van der Waals surface area contributed by atoms with Crippen molar-refractivity contribution >= 4 is 38.7 Å². The number of nitrogens with one attached hydrogen (secondary N) is 1. The van der Waals surface area contributed by atoms with Crippen molar-refractivity contribution in [3.8, 4) is 5.69 Å². The van der Waals surface area contributed by atoms with Crippen LogP contribution in [0.25, 0.3) is 16.7 Å². The zero-order valence-corrected chi connectivity index (χ0v) is 21.5. The summed E-state index contributed by atoms with van der Waals surface area (Å²) in [6, 6.07) is -1.29. The first kappa shape index (κ1) is 29.7. The Kier molecular flexibility index (Phi) is 7.61. The fraction of sp³-hybridized carbons (Fsp3) is 0.348. The highest BCUT2D eigenvalue weighted by Gasteiger charge is 2.61. The van der Waals surface area contributed by atoms with Gasteiger partial charge in [-0.2, -0.15) is 22.0 Å². The summed E-state index contributed by atoms with van der Waals surface area (Å²) in [6.07, 6.45) is -7.97. The van der Waals surface area contributed by atoms with Gasteiger partial charge >= 0.3 is 12.1 Å². The summed E-state index contributed by atoms with van der Waals surface area (Å²) >= 11 is 3.13. The number of carbonyl (C=O) groups excluding carboxylic acids is 1. The molecule has 0 saturated carbocycles. The molecule has 17 heteroatoms. The number of anilines is 1. The summed E-state index contributed by atoms with van der Waals surface area (Å²) in [6.45, 7) is 0.0503. The van der Waals surface area contributed by atoms with Crippen LogP contribution < -0.4 is 15.6 Å². The maximum absolute atomic E-state index is 14.8. The third-order valence-electron chi connectivity index (χ3n) is 6.21. The minimum absolute atomic E-state index is 0.0273. The molecule has 0 radical (unpaired) electrons. The fourth-order valence-corrected chi connectivity index (χ4v) is 4.65. The number of nitrogens with zero attached hydrogens (tertiary/aromatic N) is 3. The number of β-amino-alcohol motifs (C(OH)–C–C–N with tert-alkyl or cyclic N) is 2. The van der Waals surface area contributed by atoms with E-state index in [0.717, 1.165) is 6.07 Å². The topological polar surface area (TPSA) is 108 Å². The average Bonchev–Trinajstić information content (AvgIpc) is 3.16. The summed E-state index contributed by atoms with van der Waals surface area (Å²) in [4.78, 5) is 31.5. The second-order valence-electron chi connectivity index (χ2n) is 8.98. The van der Waals surface area contributed by atoms with Gasteiger partial charge in [0.15, 0.2) is 17.3 Å². The van der Waals surface area contributed by atoms with Crippen molar-refractivity contribution < 1.29 is 50.1 Å². The van der Waals surface area contributed by atoms with Gasteiger partial charge in [-0.05, 0) is 28.9 Å². The molecule has 1 aromatic carbocycles. The minimum atomic E-state index is -6.05. The standard InChI is InChI=1S/C23H17BrF8N4O4/c1-8(22(28,29)23(30,31)32)33-21(40)11-5-36(17-13(26)2-9(25)3-14(17)27)19-10(18(11)39)4-12(24)20(34-19)35-6-15(37)16(38)7-35/h2-5,8,15-16,37-38H,6-7H2,1H3,(H,33,40)/t8?,15-,16-/m1/s1. The fourth-order valence-electron chi connectivity index (χ4n) is 4.09. The van der Waals surface area contributed by atoms with Gasteiger partial charge in [0.2, 0.25) is 5.43 Å². The van der Waals surface area contributed by atoms with Gasteiger partial charge in [0.05, 0.1) is 28.1 Å². The maximum Gasteiger partial charge on any atom is 0.455 e. The van der Waals surface area contributed by atoms with Crippen LogP contribution in [0.15, 0.2) is 33.7 Å². The van der Waals surface area contributed by atoms with Crippen molar-refractivity contribution in [3.63, 3.8) is 0 Å². The van der Waals surface area contributed by atoms with Gasteiger partial charge in [-0.15, -0.1) is 0 Å². The second kappa shape index (κ2) is 10.3. The average molecular weight is 645 g/mol. The number of fused-ring (bicyclic) bond motifs is 1. The number of halogens is 9. The largest absolute Gasteiger partial charge is 0.455 e. The highest BCUT2D eigenvalue weighted by Crippen LogP contribution is 2.38. The molecule has 8 nitrogen and oxygen atoms in total. The third-order valence-corrected chi connectivity index (χ3v) is 6.79. The molecule has 1 unspecified atom stereocenters. The Morgan fingerprint density at radius 3 is 2.15 bits per heavy atom. The highest BCUT2D eigenvalue weighted by molar-refractivity contribution is 9.10. The second-order valence-corrected chi connectivity index (χ2v) is 9.83. The smallest absolute Gasteiger partial charge is 0.389 e. The van der Waals surface area contributed by atoms with Crippen LogP contribution in [0.2, 0.25) is 0 Å². The maximum atomic E-state index is 14.8. The normalized spacial score (nSPS) is 18.9. The molecule has 1 aliphatic rings. The van der Waals surface area contributed by atoms with Gasteiger partial charge in [-0.25, -0.2) is 18.2 Å². The molecular formula is C23H17BrF8N4O4. The lowest BCUT2D eigenvalue weighted by molar-refractivity contribution is -0.290. The van der Waals surface area contributed by atoms with Gasteiger partial charge in [0, 0.05) is 31.4 Å². The molecule has 1 amide bonds. The van der Waals surface area contributed by atoms with Gasteiger partial charge in [0.25, 0.3) is 5.91 Å². The summed E-state index contributed by atoms with van der Waals surface area (Å²) in [5, 5.41) is 20.6. The van der Waals surface area contributed by atoms with Crippen molar-refractivity contribution in [2.45, 2.75) is 37.3 Å². The van der Waals surface area contributed by atoms with Crippen LogP contribution in [-0.2, 0) is 0 Å². The van der Waals surface area contributed by atoms with E-state index in [1.807, 2.05) is 0 Å². The Bertz CT molecular complexity index is 1530. The van der Waals surface area contributed by atoms with E-state index in [9.17, 15) is 54.9 Å². The monoisotopic (exact) mass is 644 g/mol. The molecule has 1 saturated heterocycles. The lowest BCUT2D eigenvalue weighted by Crippen LogP contribution is -2.54. The summed E-state index contributed by atoms with van der Waals surface area (Å²) in [5.74, 6) is -11.6. The molecule has 3 atom stereocenters. The molecule has 0 spiro atoms. The molecule has 216 valence electrons. The molecule has 0 bridgehead atoms. The Balaban J connectivity index is 1.95. The number of rotatable bonds is 5. The molecule has 2 aromatic heterocycles. The molecule has 1 aliphatic heterocycles. The van der Waals surface area contributed by atoms with Crippen LogP contribution in [0, 0.1) is 17.5 Å². The quantitative estimate of drug-likeness (QED) is 0.368. The first-order chi connectivity index (χ1) is 18.4. The van der Waals surface area contributed by atoms with Crippen molar-refractivity contribution in [1.29, 1.82) is 0 Å². The molecule has 3 N–H and O–H groups in total. The first-order valence-corrected chi connectivity index (χ1v) is 12.0. The predicted molar refractivity (Wildman–Crippen MR) is 127 cm³/mol. The molecule has 40 heavy (non-hydrogen) atoms. The van der Waals surface area contributed by atoms with Crippen LogP contribution in [0.1, 0.15) is 17.3 Å². The van der Waals surface area contributed by atoms with Gasteiger partial charge in [-0.3, -0.25) is 14.2 Å². The number of hydrogen-bond acceptors (Lipinski definition) is 6. The third kappa shape index (κ3) is 5.12. The lowest BCUT2D eigenvalue weighted by atomic mass is 10.1. The number of carbonyl (C=O) groups is 1. The summed E-state index contributed by atoms with van der Waals surface area (Å²) in [5.41, 5.74) is -3.94. The van der Waals surface area contributed by atoms with Crippen molar-refractivity contribution in [1.82, 2.24) is 14.9 Å². The predicted octanol–water partition coefficient (Wildman–Crippen LogP) is 3.42. The molecular weight excluding hydrogens is 628 g/mol. The number of aliphatic hydroxyl groups excluding tert-OH is 2. The molecule has 4 rings (SSSR count). The van der Waals surface area contributed by atoms with E-state index in [-0.39, 0.29) is 35.5 Å². The van der Waals surface area contributed by atoms with Crippen molar-refractivity contribution in [2.24, 2.45) is 0 Å². The zero-order chi connectivity index (χ0) is 29.9. The number of amides is 1. The van der Waals surface area contributed by atoms with Gasteiger partial charge in [0.1, 0.15) is 22.9 Å².